The van der Waals surface area contributed by atoms with Crippen LogP contribution in [-0.2, 0) is 35.0 Å². The summed E-state index contributed by atoms with van der Waals surface area (Å²) in [6.07, 6.45) is 11.6. The molecule has 5 atom stereocenters. The molecule has 1 aromatic carbocycles. The maximum Gasteiger partial charge on any atom is 0.190 e. The molecule has 2 spiro atoms. The summed E-state index contributed by atoms with van der Waals surface area (Å²) in [6.45, 7) is 3.92. The Labute approximate surface area is 215 Å². The first-order chi connectivity index (χ1) is 17.7. The molecule has 5 fully saturated rings. The fraction of sp³-hybridized carbons (Fsp3) is 0.793. The fourth-order valence-electron chi connectivity index (χ4n) is 6.47. The van der Waals surface area contributed by atoms with Crippen LogP contribution in [0.3, 0.4) is 0 Å². The van der Waals surface area contributed by atoms with E-state index < -0.39 is 17.9 Å². The first-order valence-electron chi connectivity index (χ1n) is 14.3. The number of benzene rings is 1. The van der Waals surface area contributed by atoms with Gasteiger partial charge in [-0.05, 0) is 49.8 Å². The van der Waals surface area contributed by atoms with Gasteiger partial charge in [0.1, 0.15) is 30.2 Å². The summed E-state index contributed by atoms with van der Waals surface area (Å²) < 4.78 is 44.8. The van der Waals surface area contributed by atoms with Crippen LogP contribution in [-0.4, -0.2) is 55.5 Å². The van der Waals surface area contributed by atoms with Gasteiger partial charge in [0.05, 0.1) is 19.8 Å². The lowest BCUT2D eigenvalue weighted by atomic mass is 9.94. The zero-order valence-electron chi connectivity index (χ0n) is 21.7. The highest BCUT2D eigenvalue weighted by Crippen LogP contribution is 2.48. The number of rotatable bonds is 8. The Morgan fingerprint density at radius 3 is 2.28 bits per heavy atom. The van der Waals surface area contributed by atoms with Crippen LogP contribution >= 0.6 is 0 Å². The Kier molecular flexibility index (Phi) is 7.57. The summed E-state index contributed by atoms with van der Waals surface area (Å²) in [6, 6.07) is 8.19. The summed E-state index contributed by atoms with van der Waals surface area (Å²) in [5, 5.41) is 0. The number of hydrogen-bond acceptors (Lipinski definition) is 7. The predicted octanol–water partition coefficient (Wildman–Crippen LogP) is 5.63. The molecule has 0 aromatic heterocycles. The molecule has 5 aliphatic rings. The van der Waals surface area contributed by atoms with Crippen molar-refractivity contribution in [3.63, 3.8) is 0 Å². The maximum atomic E-state index is 6.63. The molecule has 7 heteroatoms. The van der Waals surface area contributed by atoms with Gasteiger partial charge in [0.15, 0.2) is 17.9 Å². The number of unbranched alkanes of at least 4 members (excludes halogenated alkanes) is 1. The standard InChI is InChI=1S/C29H42O7/c1-2-3-18-30-22-12-10-21(11-13-22)19-31-25-24(23-20-32-28(34-23)14-6-4-7-15-28)33-27-26(25)35-29(36-27)16-8-5-9-17-29/h10-13,23-27H,2-9,14-20H2,1H3/t23-,24-,25+,26-,27+/m0/s1. The van der Waals surface area contributed by atoms with Crippen molar-refractivity contribution in [1.82, 2.24) is 0 Å². The third-order valence-corrected chi connectivity index (χ3v) is 8.50. The summed E-state index contributed by atoms with van der Waals surface area (Å²) in [5.41, 5.74) is 1.10. The lowest BCUT2D eigenvalue weighted by molar-refractivity contribution is -0.263. The van der Waals surface area contributed by atoms with Gasteiger partial charge < -0.3 is 33.2 Å². The van der Waals surface area contributed by atoms with E-state index >= 15 is 0 Å². The minimum absolute atomic E-state index is 0.178. The minimum atomic E-state index is -0.519. The Morgan fingerprint density at radius 1 is 0.833 bits per heavy atom. The number of hydrogen-bond donors (Lipinski definition) is 0. The van der Waals surface area contributed by atoms with E-state index in [1.54, 1.807) is 0 Å². The third-order valence-electron chi connectivity index (χ3n) is 8.50. The molecule has 3 saturated heterocycles. The van der Waals surface area contributed by atoms with Gasteiger partial charge in [-0.15, -0.1) is 0 Å². The molecular weight excluding hydrogens is 460 g/mol. The lowest BCUT2D eigenvalue weighted by Crippen LogP contribution is -2.45. The zero-order valence-corrected chi connectivity index (χ0v) is 21.7. The lowest BCUT2D eigenvalue weighted by Gasteiger charge is -2.35. The van der Waals surface area contributed by atoms with E-state index in [0.717, 1.165) is 82.1 Å². The number of ether oxygens (including phenoxy) is 7. The molecule has 200 valence electrons. The third kappa shape index (κ3) is 5.20. The quantitative estimate of drug-likeness (QED) is 0.427. The summed E-state index contributed by atoms with van der Waals surface area (Å²) in [4.78, 5) is 0. The molecule has 3 aliphatic heterocycles. The van der Waals surface area contributed by atoms with Crippen LogP contribution < -0.4 is 4.74 Å². The zero-order chi connectivity index (χ0) is 24.4. The van der Waals surface area contributed by atoms with Crippen molar-refractivity contribution in [3.05, 3.63) is 29.8 Å². The van der Waals surface area contributed by atoms with Crippen molar-refractivity contribution in [3.8, 4) is 5.75 Å². The second kappa shape index (κ2) is 10.9. The topological polar surface area (TPSA) is 64.6 Å². The van der Waals surface area contributed by atoms with E-state index in [-0.39, 0.29) is 24.4 Å². The summed E-state index contributed by atoms with van der Waals surface area (Å²) in [5.74, 6) is -0.0700. The van der Waals surface area contributed by atoms with Gasteiger partial charge in [-0.1, -0.05) is 38.3 Å². The van der Waals surface area contributed by atoms with Crippen LogP contribution in [0.15, 0.2) is 24.3 Å². The Morgan fingerprint density at radius 2 is 1.56 bits per heavy atom. The van der Waals surface area contributed by atoms with Gasteiger partial charge in [0.25, 0.3) is 0 Å². The van der Waals surface area contributed by atoms with Gasteiger partial charge in [-0.2, -0.15) is 0 Å². The van der Waals surface area contributed by atoms with Crippen LogP contribution in [0.1, 0.15) is 89.5 Å². The molecule has 3 heterocycles. The highest BCUT2D eigenvalue weighted by atomic mass is 16.9. The van der Waals surface area contributed by atoms with Crippen LogP contribution in [0, 0.1) is 0 Å². The van der Waals surface area contributed by atoms with E-state index in [9.17, 15) is 0 Å². The first kappa shape index (κ1) is 25.1. The molecule has 0 radical (unpaired) electrons. The minimum Gasteiger partial charge on any atom is -0.494 e. The average molecular weight is 503 g/mol. The molecular formula is C29H42O7. The van der Waals surface area contributed by atoms with Gasteiger partial charge >= 0.3 is 0 Å². The highest BCUT2D eigenvalue weighted by molar-refractivity contribution is 5.27. The SMILES string of the molecule is CCCCOc1ccc(CO[C@H]2[C@@H]3OC4(CCCCC4)O[C@H]3O[C@H]2[C@@H]2COC3(CCCCC3)O2)cc1. The second-order valence-electron chi connectivity index (χ2n) is 11.2. The molecule has 7 nitrogen and oxygen atoms in total. The Bertz CT molecular complexity index is 846. The van der Waals surface area contributed by atoms with E-state index in [4.69, 9.17) is 33.2 Å². The fourth-order valence-corrected chi connectivity index (χ4v) is 6.47. The van der Waals surface area contributed by atoms with Crippen molar-refractivity contribution in [2.24, 2.45) is 0 Å². The van der Waals surface area contributed by atoms with Crippen LogP contribution in [0.2, 0.25) is 0 Å². The largest absolute Gasteiger partial charge is 0.494 e. The monoisotopic (exact) mass is 502 g/mol. The molecule has 36 heavy (non-hydrogen) atoms. The Hall–Kier alpha value is -1.22. The van der Waals surface area contributed by atoms with Crippen molar-refractivity contribution >= 4 is 0 Å². The molecule has 0 N–H and O–H groups in total. The molecule has 0 amide bonds. The maximum absolute atomic E-state index is 6.63. The van der Waals surface area contributed by atoms with Gasteiger partial charge in [-0.3, -0.25) is 0 Å². The predicted molar refractivity (Wildman–Crippen MR) is 132 cm³/mol. The van der Waals surface area contributed by atoms with Crippen molar-refractivity contribution in [2.45, 2.75) is 133 Å². The van der Waals surface area contributed by atoms with Gasteiger partial charge in [-0.25, -0.2) is 0 Å². The molecule has 0 unspecified atom stereocenters. The van der Waals surface area contributed by atoms with E-state index in [2.05, 4.69) is 19.1 Å². The molecule has 2 saturated carbocycles. The molecule has 0 bridgehead atoms. The van der Waals surface area contributed by atoms with E-state index in [1.165, 1.54) is 12.8 Å². The van der Waals surface area contributed by atoms with Crippen molar-refractivity contribution < 1.29 is 33.2 Å². The molecule has 1 aromatic rings. The number of fused-ring (bicyclic) bond motifs is 1. The Balaban J connectivity index is 1.13. The van der Waals surface area contributed by atoms with Crippen LogP contribution in [0.5, 0.6) is 5.75 Å². The van der Waals surface area contributed by atoms with Gasteiger partial charge in [0, 0.05) is 25.7 Å². The second-order valence-corrected chi connectivity index (χ2v) is 11.2. The summed E-state index contributed by atoms with van der Waals surface area (Å²) >= 11 is 0. The first-order valence-corrected chi connectivity index (χ1v) is 14.3. The van der Waals surface area contributed by atoms with Crippen LogP contribution in [0.4, 0.5) is 0 Å². The van der Waals surface area contributed by atoms with Gasteiger partial charge in [0.2, 0.25) is 0 Å². The molecule has 6 rings (SSSR count). The highest BCUT2D eigenvalue weighted by Gasteiger charge is 2.61. The molecule has 2 aliphatic carbocycles. The normalized spacial score (nSPS) is 34.9. The van der Waals surface area contributed by atoms with E-state index in [1.807, 2.05) is 12.1 Å². The van der Waals surface area contributed by atoms with Crippen molar-refractivity contribution in [1.29, 1.82) is 0 Å². The average Bonchev–Trinajstić information content (AvgIpc) is 3.56. The van der Waals surface area contributed by atoms with E-state index in [0.29, 0.717) is 13.2 Å². The van der Waals surface area contributed by atoms with Crippen LogP contribution in [0.25, 0.3) is 0 Å². The van der Waals surface area contributed by atoms with Crippen molar-refractivity contribution in [2.75, 3.05) is 13.2 Å². The smallest absolute Gasteiger partial charge is 0.190 e. The summed E-state index contributed by atoms with van der Waals surface area (Å²) in [7, 11) is 0.